The van der Waals surface area contributed by atoms with Crippen LogP contribution in [-0.2, 0) is 13.0 Å². The first-order chi connectivity index (χ1) is 10.3. The smallest absolute Gasteiger partial charge is 0.336 e. The van der Waals surface area contributed by atoms with Gasteiger partial charge in [0.05, 0.1) is 16.6 Å². The molecule has 1 saturated carbocycles. The molecule has 118 valence electrons. The second-order valence-corrected chi connectivity index (χ2v) is 7.73. The fourth-order valence-corrected chi connectivity index (χ4v) is 2.98. The summed E-state index contributed by atoms with van der Waals surface area (Å²) in [5, 5.41) is 9.31. The van der Waals surface area contributed by atoms with Gasteiger partial charge in [0.15, 0.2) is 0 Å². The van der Waals surface area contributed by atoms with Gasteiger partial charge in [0.1, 0.15) is 5.82 Å². The first kappa shape index (κ1) is 15.1. The van der Waals surface area contributed by atoms with Crippen LogP contribution in [-0.4, -0.2) is 20.6 Å². The molecule has 4 nitrogen and oxygen atoms in total. The molecule has 3 rings (SSSR count). The largest absolute Gasteiger partial charge is 0.478 e. The van der Waals surface area contributed by atoms with Gasteiger partial charge in [0.2, 0.25) is 0 Å². The molecular formula is C18H24N2O2. The molecule has 1 aliphatic carbocycles. The number of carboxylic acids is 1. The van der Waals surface area contributed by atoms with Crippen LogP contribution in [0.5, 0.6) is 0 Å². The lowest BCUT2D eigenvalue weighted by Crippen LogP contribution is -2.15. The van der Waals surface area contributed by atoms with E-state index in [1.807, 2.05) is 13.0 Å². The third-order valence-electron chi connectivity index (χ3n) is 4.31. The molecule has 1 N–H and O–H groups in total. The van der Waals surface area contributed by atoms with Gasteiger partial charge in [0.25, 0.3) is 0 Å². The van der Waals surface area contributed by atoms with Gasteiger partial charge in [-0.05, 0) is 48.8 Å². The molecule has 22 heavy (non-hydrogen) atoms. The van der Waals surface area contributed by atoms with Crippen molar-refractivity contribution in [3.05, 3.63) is 29.1 Å². The highest BCUT2D eigenvalue weighted by Crippen LogP contribution is 2.34. The minimum atomic E-state index is -0.881. The number of rotatable bonds is 4. The number of hydrogen-bond donors (Lipinski definition) is 1. The predicted molar refractivity (Wildman–Crippen MR) is 87.3 cm³/mol. The molecule has 4 heteroatoms. The quantitative estimate of drug-likeness (QED) is 0.927. The van der Waals surface area contributed by atoms with Crippen LogP contribution in [0.1, 0.15) is 55.4 Å². The molecule has 2 aromatic rings. The number of carboxylic acid groups (broad SMARTS) is 1. The Hall–Kier alpha value is -1.84. The maximum atomic E-state index is 11.3. The summed E-state index contributed by atoms with van der Waals surface area (Å²) >= 11 is 0. The molecule has 1 heterocycles. The fraction of sp³-hybridized carbons (Fsp3) is 0.556. The minimum Gasteiger partial charge on any atom is -0.478 e. The van der Waals surface area contributed by atoms with Crippen molar-refractivity contribution in [1.29, 1.82) is 0 Å². The number of hydrogen-bond acceptors (Lipinski definition) is 2. The average molecular weight is 300 g/mol. The minimum absolute atomic E-state index is 0.159. The van der Waals surface area contributed by atoms with E-state index in [1.54, 1.807) is 6.07 Å². The Morgan fingerprint density at radius 1 is 1.36 bits per heavy atom. The van der Waals surface area contributed by atoms with Gasteiger partial charge in [-0.1, -0.05) is 20.8 Å². The van der Waals surface area contributed by atoms with E-state index in [4.69, 9.17) is 4.98 Å². The number of aromatic nitrogens is 2. The molecule has 0 aliphatic heterocycles. The van der Waals surface area contributed by atoms with Crippen molar-refractivity contribution in [2.45, 2.75) is 53.5 Å². The monoisotopic (exact) mass is 300 g/mol. The third kappa shape index (κ3) is 2.87. The van der Waals surface area contributed by atoms with Gasteiger partial charge in [0, 0.05) is 13.0 Å². The number of carbonyl (C=O) groups is 1. The first-order valence-electron chi connectivity index (χ1n) is 7.98. The highest BCUT2D eigenvalue weighted by Gasteiger charge is 2.26. The molecule has 0 unspecified atom stereocenters. The number of aromatic carboxylic acids is 1. The molecular weight excluding hydrogens is 276 g/mol. The van der Waals surface area contributed by atoms with Gasteiger partial charge >= 0.3 is 5.97 Å². The molecule has 0 spiro atoms. The van der Waals surface area contributed by atoms with Crippen LogP contribution in [0, 0.1) is 18.3 Å². The zero-order valence-electron chi connectivity index (χ0n) is 13.8. The molecule has 0 radical (unpaired) electrons. The van der Waals surface area contributed by atoms with Crippen molar-refractivity contribution in [3.63, 3.8) is 0 Å². The zero-order valence-corrected chi connectivity index (χ0v) is 13.8. The molecule has 0 atom stereocenters. The van der Waals surface area contributed by atoms with E-state index in [-0.39, 0.29) is 5.41 Å². The average Bonchev–Trinajstić information content (AvgIpc) is 3.13. The summed E-state index contributed by atoms with van der Waals surface area (Å²) in [5.74, 6) is 0.962. The van der Waals surface area contributed by atoms with E-state index in [2.05, 4.69) is 25.3 Å². The number of aryl methyl sites for hydroxylation is 1. The number of benzene rings is 1. The van der Waals surface area contributed by atoms with Gasteiger partial charge in [-0.3, -0.25) is 0 Å². The first-order valence-corrected chi connectivity index (χ1v) is 7.98. The lowest BCUT2D eigenvalue weighted by molar-refractivity contribution is 0.0696. The van der Waals surface area contributed by atoms with E-state index in [1.165, 1.54) is 12.8 Å². The van der Waals surface area contributed by atoms with E-state index < -0.39 is 5.97 Å². The van der Waals surface area contributed by atoms with Crippen LogP contribution in [0.2, 0.25) is 0 Å². The van der Waals surface area contributed by atoms with Gasteiger partial charge in [-0.2, -0.15) is 0 Å². The Kier molecular flexibility index (Phi) is 3.50. The fourth-order valence-electron chi connectivity index (χ4n) is 2.98. The van der Waals surface area contributed by atoms with Crippen LogP contribution in [0.3, 0.4) is 0 Å². The summed E-state index contributed by atoms with van der Waals surface area (Å²) in [6.07, 6.45) is 3.48. The third-order valence-corrected chi connectivity index (χ3v) is 4.31. The highest BCUT2D eigenvalue weighted by atomic mass is 16.4. The summed E-state index contributed by atoms with van der Waals surface area (Å²) in [7, 11) is 0. The molecule has 1 aliphatic rings. The molecule has 1 aromatic carbocycles. The number of fused-ring (bicyclic) bond motifs is 1. The van der Waals surface area contributed by atoms with Crippen LogP contribution in [0.15, 0.2) is 12.1 Å². The topological polar surface area (TPSA) is 55.1 Å². The van der Waals surface area contributed by atoms with Crippen LogP contribution < -0.4 is 0 Å². The molecule has 1 fully saturated rings. The Morgan fingerprint density at radius 3 is 2.59 bits per heavy atom. The molecule has 0 bridgehead atoms. The standard InChI is InChI=1S/C18H24N2O2/c1-11-13(17(21)22)7-8-14-16(11)19-15(9-18(2,3)4)20(14)10-12-5-6-12/h7-8,12H,5-6,9-10H2,1-4H3,(H,21,22). The van der Waals surface area contributed by atoms with Crippen molar-refractivity contribution >= 4 is 17.0 Å². The van der Waals surface area contributed by atoms with Crippen molar-refractivity contribution in [2.75, 3.05) is 0 Å². The number of nitrogens with zero attached hydrogens (tertiary/aromatic N) is 2. The van der Waals surface area contributed by atoms with E-state index in [9.17, 15) is 9.90 Å². The maximum Gasteiger partial charge on any atom is 0.336 e. The van der Waals surface area contributed by atoms with E-state index >= 15 is 0 Å². The summed E-state index contributed by atoms with van der Waals surface area (Å²) in [6.45, 7) is 9.50. The summed E-state index contributed by atoms with van der Waals surface area (Å²) in [4.78, 5) is 16.2. The second-order valence-electron chi connectivity index (χ2n) is 7.73. The SMILES string of the molecule is Cc1c(C(=O)O)ccc2c1nc(CC(C)(C)C)n2CC1CC1. The van der Waals surface area contributed by atoms with E-state index in [0.717, 1.165) is 41.3 Å². The zero-order chi connectivity index (χ0) is 16.1. The lowest BCUT2D eigenvalue weighted by atomic mass is 9.92. The van der Waals surface area contributed by atoms with Crippen LogP contribution >= 0.6 is 0 Å². The lowest BCUT2D eigenvalue weighted by Gasteiger charge is -2.18. The number of imidazole rings is 1. The van der Waals surface area contributed by atoms with Crippen LogP contribution in [0.4, 0.5) is 0 Å². The highest BCUT2D eigenvalue weighted by molar-refractivity contribution is 5.95. The van der Waals surface area contributed by atoms with Crippen molar-refractivity contribution in [3.8, 4) is 0 Å². The van der Waals surface area contributed by atoms with Gasteiger partial charge in [-0.25, -0.2) is 9.78 Å². The Balaban J connectivity index is 2.15. The van der Waals surface area contributed by atoms with E-state index in [0.29, 0.717) is 5.56 Å². The summed E-state index contributed by atoms with van der Waals surface area (Å²) < 4.78 is 2.32. The summed E-state index contributed by atoms with van der Waals surface area (Å²) in [6, 6.07) is 3.64. The Morgan fingerprint density at radius 2 is 2.05 bits per heavy atom. The van der Waals surface area contributed by atoms with Crippen molar-refractivity contribution < 1.29 is 9.90 Å². The molecule has 1 aromatic heterocycles. The van der Waals surface area contributed by atoms with Gasteiger partial charge < -0.3 is 9.67 Å². The predicted octanol–water partition coefficient (Wildman–Crippen LogP) is 4.04. The Bertz CT molecular complexity index is 734. The van der Waals surface area contributed by atoms with Crippen LogP contribution in [0.25, 0.3) is 11.0 Å². The summed E-state index contributed by atoms with van der Waals surface area (Å²) in [5.41, 5.74) is 3.21. The maximum absolute atomic E-state index is 11.3. The molecule has 0 amide bonds. The van der Waals surface area contributed by atoms with Crippen molar-refractivity contribution in [1.82, 2.24) is 9.55 Å². The molecule has 0 saturated heterocycles. The normalized spacial score (nSPS) is 15.5. The Labute approximate surface area is 131 Å². The second kappa shape index (κ2) is 5.11. The van der Waals surface area contributed by atoms with Crippen molar-refractivity contribution in [2.24, 2.45) is 11.3 Å². The van der Waals surface area contributed by atoms with Gasteiger partial charge in [-0.15, -0.1) is 0 Å².